The quantitative estimate of drug-likeness (QED) is 0.739. The Labute approximate surface area is 157 Å². The molecule has 0 atom stereocenters. The first kappa shape index (κ1) is 17.0. The van der Waals surface area contributed by atoms with Crippen LogP contribution in [0.15, 0.2) is 36.5 Å². The van der Waals surface area contributed by atoms with Crippen LogP contribution < -0.4 is 4.62 Å². The standard InChI is InChI=1S/C20H30N4OP/c1-2-10-20-19(9-1)11-18-24(20)25-26(21-12-3-4-13-21,22-14-5-6-15-22)23-16-7-8-17-23/h1-2,9-11,18H,3-8,12-17H2/q+1. The minimum atomic E-state index is -1.97. The molecule has 1 aromatic heterocycles. The minimum absolute atomic E-state index is 1.18. The number of para-hydroxylation sites is 1. The average molecular weight is 373 g/mol. The summed E-state index contributed by atoms with van der Waals surface area (Å²) in [5.74, 6) is 0. The maximum atomic E-state index is 7.11. The first-order valence-electron chi connectivity index (χ1n) is 10.3. The van der Waals surface area contributed by atoms with E-state index in [0.717, 1.165) is 0 Å². The molecule has 5 rings (SSSR count). The predicted molar refractivity (Wildman–Crippen MR) is 108 cm³/mol. The highest BCUT2D eigenvalue weighted by molar-refractivity contribution is 7.64. The van der Waals surface area contributed by atoms with Crippen molar-refractivity contribution in [2.24, 2.45) is 0 Å². The predicted octanol–water partition coefficient (Wildman–Crippen LogP) is 4.03. The smallest absolute Gasteiger partial charge is 0.202 e. The number of fused-ring (bicyclic) bond motifs is 1. The van der Waals surface area contributed by atoms with Gasteiger partial charge in [-0.25, -0.2) is 4.62 Å². The lowest BCUT2D eigenvalue weighted by molar-refractivity contribution is 0.197. The zero-order valence-corrected chi connectivity index (χ0v) is 16.5. The van der Waals surface area contributed by atoms with Crippen LogP contribution in [0.5, 0.6) is 0 Å². The van der Waals surface area contributed by atoms with Gasteiger partial charge >= 0.3 is 7.94 Å². The van der Waals surface area contributed by atoms with Crippen LogP contribution in [0.2, 0.25) is 0 Å². The molecule has 5 nitrogen and oxygen atoms in total. The normalized spacial score (nSPS) is 23.4. The van der Waals surface area contributed by atoms with Crippen molar-refractivity contribution in [1.29, 1.82) is 0 Å². The maximum Gasteiger partial charge on any atom is 0.448 e. The molecule has 0 bridgehead atoms. The topological polar surface area (TPSA) is 23.9 Å². The molecule has 0 amide bonds. The molecule has 1 aromatic carbocycles. The van der Waals surface area contributed by atoms with E-state index in [1.54, 1.807) is 0 Å². The van der Waals surface area contributed by atoms with E-state index < -0.39 is 7.94 Å². The van der Waals surface area contributed by atoms with Crippen molar-refractivity contribution in [2.45, 2.75) is 38.5 Å². The molecule has 0 radical (unpaired) electrons. The summed E-state index contributed by atoms with van der Waals surface area (Å²) in [6.07, 6.45) is 9.96. The van der Waals surface area contributed by atoms with Crippen LogP contribution in [0, 0.1) is 0 Å². The number of hydrogen-bond donors (Lipinski definition) is 0. The van der Waals surface area contributed by atoms with Crippen molar-refractivity contribution < 1.29 is 4.62 Å². The van der Waals surface area contributed by atoms with Crippen LogP contribution in [0.1, 0.15) is 38.5 Å². The van der Waals surface area contributed by atoms with Crippen molar-refractivity contribution in [3.05, 3.63) is 36.5 Å². The number of hydrogen-bond acceptors (Lipinski definition) is 4. The summed E-state index contributed by atoms with van der Waals surface area (Å²) >= 11 is 0. The summed E-state index contributed by atoms with van der Waals surface area (Å²) < 4.78 is 17.4. The van der Waals surface area contributed by atoms with Gasteiger partial charge in [0.15, 0.2) is 0 Å². The molecule has 3 aliphatic rings. The Morgan fingerprint density at radius 1 is 0.654 bits per heavy atom. The summed E-state index contributed by atoms with van der Waals surface area (Å²) in [4.78, 5) is 0. The summed E-state index contributed by atoms with van der Waals surface area (Å²) in [6.45, 7) is 7.08. The van der Waals surface area contributed by atoms with Gasteiger partial charge in [-0.05, 0) is 50.7 Å². The fourth-order valence-corrected chi connectivity index (χ4v) is 8.99. The van der Waals surface area contributed by atoms with E-state index in [2.05, 4.69) is 55.3 Å². The third-order valence-corrected chi connectivity index (χ3v) is 9.92. The second kappa shape index (κ2) is 7.12. The van der Waals surface area contributed by atoms with Gasteiger partial charge in [0.05, 0.1) is 5.52 Å². The van der Waals surface area contributed by atoms with Gasteiger partial charge in [0.25, 0.3) is 0 Å². The van der Waals surface area contributed by atoms with Crippen LogP contribution in [-0.4, -0.2) is 58.0 Å². The van der Waals surface area contributed by atoms with E-state index in [9.17, 15) is 0 Å². The maximum absolute atomic E-state index is 7.11. The van der Waals surface area contributed by atoms with Crippen molar-refractivity contribution in [3.63, 3.8) is 0 Å². The molecule has 140 valence electrons. The summed E-state index contributed by atoms with van der Waals surface area (Å²) in [5, 5.41) is 1.26. The second-order valence-corrected chi connectivity index (χ2v) is 10.7. The lowest BCUT2D eigenvalue weighted by Gasteiger charge is -2.40. The van der Waals surface area contributed by atoms with Crippen molar-refractivity contribution >= 4 is 18.8 Å². The van der Waals surface area contributed by atoms with E-state index >= 15 is 0 Å². The van der Waals surface area contributed by atoms with E-state index in [-0.39, 0.29) is 0 Å². The molecule has 0 spiro atoms. The molecule has 3 aliphatic heterocycles. The van der Waals surface area contributed by atoms with Gasteiger partial charge in [-0.2, -0.15) is 0 Å². The molecule has 2 aromatic rings. The Morgan fingerprint density at radius 3 is 1.69 bits per heavy atom. The van der Waals surface area contributed by atoms with Crippen molar-refractivity contribution in [3.8, 4) is 0 Å². The van der Waals surface area contributed by atoms with E-state index in [1.165, 1.54) is 88.7 Å². The Kier molecular flexibility index (Phi) is 4.66. The van der Waals surface area contributed by atoms with Crippen LogP contribution in [0.4, 0.5) is 0 Å². The van der Waals surface area contributed by atoms with Gasteiger partial charge in [0, 0.05) is 50.9 Å². The summed E-state index contributed by atoms with van der Waals surface area (Å²) in [6, 6.07) is 10.8. The lowest BCUT2D eigenvalue weighted by Crippen LogP contribution is -2.47. The van der Waals surface area contributed by atoms with Gasteiger partial charge in [-0.1, -0.05) is 18.2 Å². The Balaban J connectivity index is 1.59. The Bertz CT molecular complexity index is 704. The number of nitrogens with zero attached hydrogens (tertiary/aromatic N) is 4. The fourth-order valence-electron chi connectivity index (χ4n) is 4.82. The van der Waals surface area contributed by atoms with Crippen molar-refractivity contribution in [1.82, 2.24) is 18.7 Å². The molecule has 6 heteroatoms. The first-order chi connectivity index (χ1) is 12.9. The third kappa shape index (κ3) is 2.77. The van der Waals surface area contributed by atoms with Gasteiger partial charge in [-0.15, -0.1) is 18.7 Å². The van der Waals surface area contributed by atoms with Crippen LogP contribution >= 0.6 is 7.94 Å². The van der Waals surface area contributed by atoms with E-state index in [4.69, 9.17) is 4.62 Å². The molecular weight excluding hydrogens is 343 g/mol. The molecule has 0 aliphatic carbocycles. The SMILES string of the molecule is c1ccc2c(c1)ccn2O[P+](N1CCCC1)(N1CCCC1)N1CCCC1. The lowest BCUT2D eigenvalue weighted by atomic mass is 10.3. The highest BCUT2D eigenvalue weighted by Gasteiger charge is 2.63. The molecule has 26 heavy (non-hydrogen) atoms. The van der Waals surface area contributed by atoms with Crippen LogP contribution in [0.25, 0.3) is 10.9 Å². The second-order valence-electron chi connectivity index (χ2n) is 7.78. The number of benzene rings is 1. The minimum Gasteiger partial charge on any atom is -0.202 e. The highest BCUT2D eigenvalue weighted by Crippen LogP contribution is 2.68. The zero-order chi connectivity index (χ0) is 17.4. The molecule has 0 unspecified atom stereocenters. The molecule has 3 fully saturated rings. The molecule has 0 saturated carbocycles. The molecule has 3 saturated heterocycles. The molecule has 0 N–H and O–H groups in total. The average Bonchev–Trinajstić information content (AvgIpc) is 3.49. The van der Waals surface area contributed by atoms with Gasteiger partial charge in [-0.3, -0.25) is 0 Å². The largest absolute Gasteiger partial charge is 0.448 e. The Morgan fingerprint density at radius 2 is 1.15 bits per heavy atom. The van der Waals surface area contributed by atoms with E-state index in [1.807, 2.05) is 0 Å². The van der Waals surface area contributed by atoms with Crippen LogP contribution in [0.3, 0.4) is 0 Å². The summed E-state index contributed by atoms with van der Waals surface area (Å²) in [5.41, 5.74) is 1.19. The molecule has 4 heterocycles. The summed E-state index contributed by atoms with van der Waals surface area (Å²) in [7, 11) is -1.97. The monoisotopic (exact) mass is 373 g/mol. The van der Waals surface area contributed by atoms with E-state index in [0.29, 0.717) is 0 Å². The zero-order valence-electron chi connectivity index (χ0n) is 15.6. The van der Waals surface area contributed by atoms with Crippen molar-refractivity contribution in [2.75, 3.05) is 39.3 Å². The van der Waals surface area contributed by atoms with Gasteiger partial charge < -0.3 is 0 Å². The van der Waals surface area contributed by atoms with Gasteiger partial charge in [0.1, 0.15) is 0 Å². The Hall–Kier alpha value is -1.13. The highest BCUT2D eigenvalue weighted by atomic mass is 31.2. The number of aromatic nitrogens is 1. The molecular formula is C20H30N4OP+. The van der Waals surface area contributed by atoms with Crippen LogP contribution in [-0.2, 0) is 0 Å². The third-order valence-electron chi connectivity index (χ3n) is 6.11. The first-order valence-corrected chi connectivity index (χ1v) is 11.9. The number of rotatable bonds is 5. The van der Waals surface area contributed by atoms with Gasteiger partial charge in [0.2, 0.25) is 0 Å². The fraction of sp³-hybridized carbons (Fsp3) is 0.600.